The van der Waals surface area contributed by atoms with Crippen molar-refractivity contribution in [1.29, 1.82) is 0 Å². The van der Waals surface area contributed by atoms with E-state index in [-0.39, 0.29) is 24.4 Å². The molecule has 1 amide bonds. The lowest BCUT2D eigenvalue weighted by molar-refractivity contribution is -0.184. The molecule has 0 saturated heterocycles. The summed E-state index contributed by atoms with van der Waals surface area (Å²) in [5.74, 6) is -0.451. The predicted molar refractivity (Wildman–Crippen MR) is 96.3 cm³/mol. The molecule has 2 aliphatic rings. The Morgan fingerprint density at radius 3 is 2.12 bits per heavy atom. The molecule has 0 aromatic heterocycles. The first-order valence-corrected chi connectivity index (χ1v) is 8.95. The molecule has 0 spiro atoms. The van der Waals surface area contributed by atoms with E-state index >= 15 is 0 Å². The number of hydrogen-bond donors (Lipinski definition) is 0. The Labute approximate surface area is 152 Å². The number of nitrogens with zero attached hydrogens (tertiary/aromatic N) is 1. The van der Waals surface area contributed by atoms with Gasteiger partial charge in [-0.3, -0.25) is 0 Å². The number of hydroxylamine groups is 2. The quantitative estimate of drug-likeness (QED) is 0.781. The van der Waals surface area contributed by atoms with Gasteiger partial charge in [0, 0.05) is 5.92 Å². The summed E-state index contributed by atoms with van der Waals surface area (Å²) in [6.07, 6.45) is 2.04. The summed E-state index contributed by atoms with van der Waals surface area (Å²) < 4.78 is 5.44. The van der Waals surface area contributed by atoms with Gasteiger partial charge in [-0.15, -0.1) is 5.06 Å². The van der Waals surface area contributed by atoms with Gasteiger partial charge in [0.2, 0.25) is 0 Å². The zero-order valence-electron chi connectivity index (χ0n) is 14.7. The highest BCUT2D eigenvalue weighted by atomic mass is 16.7. The molecule has 0 unspecified atom stereocenters. The molecule has 2 aromatic rings. The van der Waals surface area contributed by atoms with Gasteiger partial charge < -0.3 is 9.57 Å². The van der Waals surface area contributed by atoms with Gasteiger partial charge >= 0.3 is 12.1 Å². The minimum absolute atomic E-state index is 0.0120. The summed E-state index contributed by atoms with van der Waals surface area (Å²) in [6, 6.07) is 16.3. The van der Waals surface area contributed by atoms with Crippen LogP contribution >= 0.6 is 0 Å². The summed E-state index contributed by atoms with van der Waals surface area (Å²) in [5, 5.41) is 0.896. The fourth-order valence-electron chi connectivity index (χ4n) is 3.58. The Balaban J connectivity index is 1.42. The molecule has 0 bridgehead atoms. The molecule has 0 radical (unpaired) electrons. The van der Waals surface area contributed by atoms with Crippen LogP contribution in [0.4, 0.5) is 4.79 Å². The normalized spacial score (nSPS) is 15.6. The molecule has 5 nitrogen and oxygen atoms in total. The molecule has 2 aromatic carbocycles. The molecule has 0 aliphatic heterocycles. The van der Waals surface area contributed by atoms with Crippen LogP contribution in [0.5, 0.6) is 0 Å². The number of hydrogen-bond acceptors (Lipinski definition) is 4. The summed E-state index contributed by atoms with van der Waals surface area (Å²) >= 11 is 0. The molecule has 2 aliphatic carbocycles. The summed E-state index contributed by atoms with van der Waals surface area (Å²) in [6.45, 7) is 0.207. The molecule has 1 saturated carbocycles. The third kappa shape index (κ3) is 2.94. The summed E-state index contributed by atoms with van der Waals surface area (Å²) in [4.78, 5) is 29.2. The molecule has 0 N–H and O–H groups in total. The van der Waals surface area contributed by atoms with Crippen LogP contribution in [-0.2, 0) is 14.4 Å². The van der Waals surface area contributed by atoms with Crippen LogP contribution in [0.15, 0.2) is 48.5 Å². The number of amides is 1. The Kier molecular flexibility index (Phi) is 4.37. The van der Waals surface area contributed by atoms with Crippen molar-refractivity contribution in [3.63, 3.8) is 0 Å². The zero-order chi connectivity index (χ0) is 18.1. The molecule has 1 fully saturated rings. The van der Waals surface area contributed by atoms with Crippen LogP contribution in [-0.4, -0.2) is 30.8 Å². The maximum Gasteiger partial charge on any atom is 0.443 e. The van der Waals surface area contributed by atoms with Crippen molar-refractivity contribution in [2.45, 2.75) is 25.2 Å². The van der Waals surface area contributed by atoms with Gasteiger partial charge in [0.1, 0.15) is 6.61 Å². The second-order valence-electron chi connectivity index (χ2n) is 6.84. The number of carbonyl (C=O) groups is 2. The topological polar surface area (TPSA) is 55.8 Å². The maximum atomic E-state index is 12.2. The molecular formula is C21H21NO4. The molecule has 0 atom stereocenters. The fraction of sp³-hybridized carbons (Fsp3) is 0.333. The van der Waals surface area contributed by atoms with Gasteiger partial charge in [-0.25, -0.2) is 9.59 Å². The summed E-state index contributed by atoms with van der Waals surface area (Å²) in [7, 11) is 1.41. The van der Waals surface area contributed by atoms with Crippen molar-refractivity contribution in [2.75, 3.05) is 13.7 Å². The monoisotopic (exact) mass is 351 g/mol. The number of benzene rings is 2. The van der Waals surface area contributed by atoms with Crippen LogP contribution in [0.2, 0.25) is 0 Å². The van der Waals surface area contributed by atoms with E-state index in [2.05, 4.69) is 24.3 Å². The smallest absolute Gasteiger partial charge is 0.443 e. The molecule has 26 heavy (non-hydrogen) atoms. The lowest BCUT2D eigenvalue weighted by atomic mass is 9.86. The Bertz CT molecular complexity index is 798. The van der Waals surface area contributed by atoms with E-state index in [4.69, 9.17) is 9.57 Å². The van der Waals surface area contributed by atoms with Crippen molar-refractivity contribution >= 4 is 12.1 Å². The molecule has 134 valence electrons. The Hall–Kier alpha value is -2.82. The standard InChI is InChI=1S/C21H21NO4/c1-22(26-20(23)14-7-6-8-14)21(24)25-13-19-17-11-4-2-9-15(17)16-10-3-5-12-18(16)19/h2-5,9-12,14,19H,6-8,13H2,1H3. The predicted octanol–water partition coefficient (Wildman–Crippen LogP) is 4.13. The first kappa shape index (κ1) is 16.6. The van der Waals surface area contributed by atoms with Crippen molar-refractivity contribution in [3.8, 4) is 11.1 Å². The van der Waals surface area contributed by atoms with Gasteiger partial charge in [0.15, 0.2) is 0 Å². The number of fused-ring (bicyclic) bond motifs is 3. The van der Waals surface area contributed by atoms with E-state index < -0.39 is 6.09 Å². The fourth-order valence-corrected chi connectivity index (χ4v) is 3.58. The minimum Gasteiger partial charge on any atom is -0.446 e. The van der Waals surface area contributed by atoms with Crippen molar-refractivity contribution in [3.05, 3.63) is 59.7 Å². The highest BCUT2D eigenvalue weighted by molar-refractivity contribution is 5.79. The average molecular weight is 351 g/mol. The van der Waals surface area contributed by atoms with Crippen LogP contribution in [0.25, 0.3) is 11.1 Å². The molecule has 0 heterocycles. The largest absolute Gasteiger partial charge is 0.446 e. The third-order valence-electron chi connectivity index (χ3n) is 5.26. The van der Waals surface area contributed by atoms with Crippen molar-refractivity contribution in [1.82, 2.24) is 5.06 Å². The molecule has 4 rings (SSSR count). The highest BCUT2D eigenvalue weighted by Gasteiger charge is 2.31. The van der Waals surface area contributed by atoms with Crippen LogP contribution in [0, 0.1) is 5.92 Å². The van der Waals surface area contributed by atoms with Gasteiger partial charge in [0.05, 0.1) is 13.0 Å². The number of rotatable bonds is 3. The zero-order valence-corrected chi connectivity index (χ0v) is 14.7. The van der Waals surface area contributed by atoms with Crippen LogP contribution in [0.1, 0.15) is 36.3 Å². The first-order valence-electron chi connectivity index (χ1n) is 8.95. The maximum absolute atomic E-state index is 12.2. The Morgan fingerprint density at radius 2 is 1.58 bits per heavy atom. The van der Waals surface area contributed by atoms with E-state index in [1.54, 1.807) is 0 Å². The lowest BCUT2D eigenvalue weighted by Gasteiger charge is -2.25. The third-order valence-corrected chi connectivity index (χ3v) is 5.26. The average Bonchev–Trinajstić information content (AvgIpc) is 2.92. The van der Waals surface area contributed by atoms with Crippen molar-refractivity contribution < 1.29 is 19.2 Å². The van der Waals surface area contributed by atoms with E-state index in [0.717, 1.165) is 35.5 Å². The first-order chi connectivity index (χ1) is 12.6. The van der Waals surface area contributed by atoms with Crippen LogP contribution in [0.3, 0.4) is 0 Å². The SMILES string of the molecule is CN(OC(=O)C1CCC1)C(=O)OCC1c2ccccc2-c2ccccc21. The van der Waals surface area contributed by atoms with Crippen molar-refractivity contribution in [2.24, 2.45) is 5.92 Å². The lowest BCUT2D eigenvalue weighted by Crippen LogP contribution is -2.35. The van der Waals surface area contributed by atoms with E-state index in [0.29, 0.717) is 0 Å². The number of carbonyl (C=O) groups excluding carboxylic acids is 2. The minimum atomic E-state index is -0.653. The van der Waals surface area contributed by atoms with Gasteiger partial charge in [-0.1, -0.05) is 55.0 Å². The van der Waals surface area contributed by atoms with E-state index in [1.807, 2.05) is 24.3 Å². The van der Waals surface area contributed by atoms with Gasteiger partial charge in [-0.05, 0) is 35.1 Å². The molecular weight excluding hydrogens is 330 g/mol. The van der Waals surface area contributed by atoms with Gasteiger partial charge in [-0.2, -0.15) is 0 Å². The second kappa shape index (κ2) is 6.83. The molecule has 5 heteroatoms. The van der Waals surface area contributed by atoms with Crippen LogP contribution < -0.4 is 0 Å². The highest BCUT2D eigenvalue weighted by Crippen LogP contribution is 2.44. The summed E-state index contributed by atoms with van der Waals surface area (Å²) in [5.41, 5.74) is 4.65. The van der Waals surface area contributed by atoms with E-state index in [9.17, 15) is 9.59 Å². The second-order valence-corrected chi connectivity index (χ2v) is 6.84. The van der Waals surface area contributed by atoms with E-state index in [1.165, 1.54) is 18.2 Å². The Morgan fingerprint density at radius 1 is 1.00 bits per heavy atom. The van der Waals surface area contributed by atoms with Gasteiger partial charge in [0.25, 0.3) is 0 Å². The number of ether oxygens (including phenoxy) is 1.